The average Bonchev–Trinajstić information content (AvgIpc) is 2.63. The highest BCUT2D eigenvalue weighted by molar-refractivity contribution is 5.42. The predicted octanol–water partition coefficient (Wildman–Crippen LogP) is 5.07. The van der Waals surface area contributed by atoms with Crippen LogP contribution in [-0.2, 0) is 10.3 Å². The summed E-state index contributed by atoms with van der Waals surface area (Å²) in [4.78, 5) is 0. The van der Waals surface area contributed by atoms with Crippen molar-refractivity contribution in [3.63, 3.8) is 0 Å². The molecule has 1 unspecified atom stereocenters. The third kappa shape index (κ3) is 3.05. The van der Waals surface area contributed by atoms with Gasteiger partial charge in [0.05, 0.1) is 12.7 Å². The zero-order valence-corrected chi connectivity index (χ0v) is 15.4. The molecule has 2 aromatic carbocycles. The van der Waals surface area contributed by atoms with Crippen LogP contribution in [0.5, 0.6) is 0 Å². The minimum atomic E-state index is -0.408. The van der Waals surface area contributed by atoms with E-state index in [0.29, 0.717) is 0 Å². The summed E-state index contributed by atoms with van der Waals surface area (Å²) < 4.78 is 6.65. The summed E-state index contributed by atoms with van der Waals surface area (Å²) >= 11 is 0. The van der Waals surface area contributed by atoms with E-state index in [1.807, 2.05) is 18.2 Å². The Morgan fingerprint density at radius 1 is 1.00 bits per heavy atom. The summed E-state index contributed by atoms with van der Waals surface area (Å²) in [6, 6.07) is 21.1. The van der Waals surface area contributed by atoms with Gasteiger partial charge in [-0.15, -0.1) is 0 Å². The Balaban J connectivity index is 1.92. The van der Waals surface area contributed by atoms with Crippen LogP contribution in [0.3, 0.4) is 0 Å². The number of aliphatic hydroxyl groups excluding tert-OH is 1. The van der Waals surface area contributed by atoms with E-state index < -0.39 is 5.60 Å². The van der Waals surface area contributed by atoms with Crippen molar-refractivity contribution in [1.82, 2.24) is 0 Å². The molecule has 132 valence electrons. The van der Waals surface area contributed by atoms with Gasteiger partial charge in [-0.1, -0.05) is 86.2 Å². The molecule has 0 amide bonds. The number of hydrogen-bond acceptors (Lipinski definition) is 2. The van der Waals surface area contributed by atoms with E-state index >= 15 is 0 Å². The number of benzene rings is 2. The molecule has 0 spiro atoms. The van der Waals surface area contributed by atoms with Gasteiger partial charge in [0.25, 0.3) is 0 Å². The summed E-state index contributed by atoms with van der Waals surface area (Å²) in [5, 5.41) is 9.05. The molecule has 1 heterocycles. The summed E-state index contributed by atoms with van der Waals surface area (Å²) in [5.41, 5.74) is 3.22. The Hall–Kier alpha value is -1.90. The number of allylic oxidation sites excluding steroid dienone is 1. The quantitative estimate of drug-likeness (QED) is 0.746. The van der Waals surface area contributed by atoms with Gasteiger partial charge in [0, 0.05) is 5.41 Å². The smallest absolute Gasteiger partial charge is 0.126 e. The number of ether oxygens (including phenoxy) is 1. The Morgan fingerprint density at radius 3 is 1.96 bits per heavy atom. The van der Waals surface area contributed by atoms with Crippen molar-refractivity contribution >= 4 is 0 Å². The highest BCUT2D eigenvalue weighted by atomic mass is 16.5. The molecule has 25 heavy (non-hydrogen) atoms. The maximum absolute atomic E-state index is 9.05. The van der Waals surface area contributed by atoms with Crippen LogP contribution < -0.4 is 0 Å². The van der Waals surface area contributed by atoms with Crippen molar-refractivity contribution in [2.75, 3.05) is 6.61 Å². The van der Waals surface area contributed by atoms with E-state index in [4.69, 9.17) is 9.84 Å². The standard InChI is InChI=1S/C23H28O2/c1-18(16-17-24)14-15-21-22(2,3)23(25-21,19-10-6-4-7-11-19)20-12-8-5-9-13-20/h4-13,16,21,24H,14-15,17H2,1-3H3/b18-16+. The Bertz CT molecular complexity index is 677. The van der Waals surface area contributed by atoms with Gasteiger partial charge in [-0.25, -0.2) is 0 Å². The molecular weight excluding hydrogens is 308 g/mol. The number of rotatable bonds is 6. The molecule has 1 aliphatic heterocycles. The summed E-state index contributed by atoms with van der Waals surface area (Å²) in [6.45, 7) is 6.81. The lowest BCUT2D eigenvalue weighted by molar-refractivity contribution is -0.296. The van der Waals surface area contributed by atoms with E-state index in [1.54, 1.807) is 0 Å². The van der Waals surface area contributed by atoms with E-state index in [0.717, 1.165) is 12.8 Å². The van der Waals surface area contributed by atoms with Crippen molar-refractivity contribution in [2.24, 2.45) is 5.41 Å². The van der Waals surface area contributed by atoms with Crippen LogP contribution in [-0.4, -0.2) is 17.8 Å². The molecule has 1 saturated heterocycles. The third-order valence-electron chi connectivity index (χ3n) is 5.63. The van der Waals surface area contributed by atoms with E-state index in [1.165, 1.54) is 16.7 Å². The summed E-state index contributed by atoms with van der Waals surface area (Å²) in [5.74, 6) is 0. The average molecular weight is 336 g/mol. The maximum atomic E-state index is 9.05. The van der Waals surface area contributed by atoms with Crippen molar-refractivity contribution < 1.29 is 9.84 Å². The molecule has 0 aromatic heterocycles. The van der Waals surface area contributed by atoms with Crippen molar-refractivity contribution in [1.29, 1.82) is 0 Å². The van der Waals surface area contributed by atoms with Gasteiger partial charge in [-0.05, 0) is 30.9 Å². The lowest BCUT2D eigenvalue weighted by Gasteiger charge is -2.62. The Morgan fingerprint density at radius 2 is 1.52 bits per heavy atom. The molecule has 1 fully saturated rings. The molecule has 1 atom stereocenters. The van der Waals surface area contributed by atoms with E-state index in [9.17, 15) is 0 Å². The first kappa shape index (κ1) is 17.9. The molecule has 0 saturated carbocycles. The summed E-state index contributed by atoms with van der Waals surface area (Å²) in [6.07, 6.45) is 3.99. The van der Waals surface area contributed by atoms with Crippen LogP contribution in [0, 0.1) is 5.41 Å². The molecule has 0 aliphatic carbocycles. The molecular formula is C23H28O2. The fourth-order valence-electron chi connectivity index (χ4n) is 4.11. The second kappa shape index (κ2) is 7.15. The van der Waals surface area contributed by atoms with Gasteiger partial charge < -0.3 is 9.84 Å². The highest BCUT2D eigenvalue weighted by Crippen LogP contribution is 2.60. The van der Waals surface area contributed by atoms with E-state index in [-0.39, 0.29) is 18.1 Å². The van der Waals surface area contributed by atoms with Crippen molar-refractivity contribution in [3.8, 4) is 0 Å². The Labute approximate surface area is 151 Å². The minimum Gasteiger partial charge on any atom is -0.392 e. The molecule has 1 aliphatic rings. The molecule has 1 N–H and O–H groups in total. The van der Waals surface area contributed by atoms with Gasteiger partial charge in [-0.2, -0.15) is 0 Å². The lowest BCUT2D eigenvalue weighted by Crippen LogP contribution is -2.64. The molecule has 0 radical (unpaired) electrons. The first-order chi connectivity index (χ1) is 12.0. The normalized spacial score (nSPS) is 21.6. The molecule has 2 nitrogen and oxygen atoms in total. The SMILES string of the molecule is C/C(=C\CO)CCC1OC(c2ccccc2)(c2ccccc2)C1(C)C. The fraction of sp³-hybridized carbons (Fsp3) is 0.391. The summed E-state index contributed by atoms with van der Waals surface area (Å²) in [7, 11) is 0. The van der Waals surface area contributed by atoms with Gasteiger partial charge in [0.15, 0.2) is 0 Å². The second-order valence-electron chi connectivity index (χ2n) is 7.51. The Kier molecular flexibility index (Phi) is 5.12. The minimum absolute atomic E-state index is 0.0186. The largest absolute Gasteiger partial charge is 0.392 e. The second-order valence-corrected chi connectivity index (χ2v) is 7.51. The van der Waals surface area contributed by atoms with Gasteiger partial charge in [0.2, 0.25) is 0 Å². The van der Waals surface area contributed by atoms with Crippen LogP contribution in [0.25, 0.3) is 0 Å². The zero-order valence-electron chi connectivity index (χ0n) is 15.4. The molecule has 2 aromatic rings. The third-order valence-corrected chi connectivity index (χ3v) is 5.63. The van der Waals surface area contributed by atoms with Crippen LogP contribution in [0.4, 0.5) is 0 Å². The number of hydrogen-bond donors (Lipinski definition) is 1. The first-order valence-electron chi connectivity index (χ1n) is 9.07. The van der Waals surface area contributed by atoms with Gasteiger partial charge in [-0.3, -0.25) is 0 Å². The fourth-order valence-corrected chi connectivity index (χ4v) is 4.11. The molecule has 3 rings (SSSR count). The van der Waals surface area contributed by atoms with Crippen LogP contribution >= 0.6 is 0 Å². The molecule has 2 heteroatoms. The van der Waals surface area contributed by atoms with Crippen LogP contribution in [0.1, 0.15) is 44.7 Å². The monoisotopic (exact) mass is 336 g/mol. The lowest BCUT2D eigenvalue weighted by atomic mass is 9.58. The molecule has 0 bridgehead atoms. The van der Waals surface area contributed by atoms with Crippen molar-refractivity contribution in [3.05, 3.63) is 83.4 Å². The van der Waals surface area contributed by atoms with Crippen molar-refractivity contribution in [2.45, 2.75) is 45.3 Å². The van der Waals surface area contributed by atoms with E-state index in [2.05, 4.69) is 69.3 Å². The number of aliphatic hydroxyl groups is 1. The van der Waals surface area contributed by atoms with Crippen LogP contribution in [0.15, 0.2) is 72.3 Å². The first-order valence-corrected chi connectivity index (χ1v) is 9.07. The highest BCUT2D eigenvalue weighted by Gasteiger charge is 2.62. The van der Waals surface area contributed by atoms with Crippen LogP contribution in [0.2, 0.25) is 0 Å². The maximum Gasteiger partial charge on any atom is 0.126 e. The predicted molar refractivity (Wildman–Crippen MR) is 102 cm³/mol. The zero-order chi connectivity index (χ0) is 17.9. The van der Waals surface area contributed by atoms with Gasteiger partial charge in [0.1, 0.15) is 5.60 Å². The topological polar surface area (TPSA) is 29.5 Å². The van der Waals surface area contributed by atoms with Gasteiger partial charge >= 0.3 is 0 Å².